The lowest BCUT2D eigenvalue weighted by Crippen LogP contribution is -2.44. The Hall–Kier alpha value is -1.75. The minimum atomic E-state index is -0.751. The third-order valence-electron chi connectivity index (χ3n) is 4.73. The molecule has 1 saturated heterocycles. The van der Waals surface area contributed by atoms with Crippen molar-refractivity contribution in [1.82, 2.24) is 4.90 Å². The maximum Gasteiger partial charge on any atom is 0.320 e. The molecule has 1 atom stereocenters. The first-order valence-corrected chi connectivity index (χ1v) is 8.50. The molecule has 1 fully saturated rings. The molecule has 5 heteroatoms. The molecule has 0 spiro atoms. The third-order valence-corrected chi connectivity index (χ3v) is 4.73. The Bertz CT molecular complexity index is 567. The predicted octanol–water partition coefficient (Wildman–Crippen LogP) is 3.44. The molecule has 24 heavy (non-hydrogen) atoms. The molecular weight excluding hydrogens is 306 g/mol. The summed E-state index contributed by atoms with van der Waals surface area (Å²) < 4.78 is 11.2. The molecule has 0 aliphatic carbocycles. The van der Waals surface area contributed by atoms with Gasteiger partial charge in [-0.3, -0.25) is 9.69 Å². The average Bonchev–Trinajstić information content (AvgIpc) is 2.54. The van der Waals surface area contributed by atoms with Crippen LogP contribution in [0.1, 0.15) is 51.2 Å². The van der Waals surface area contributed by atoms with Crippen molar-refractivity contribution in [3.8, 4) is 11.5 Å². The zero-order valence-electron chi connectivity index (χ0n) is 15.4. The fourth-order valence-electron chi connectivity index (χ4n) is 3.24. The molecule has 134 valence electrons. The monoisotopic (exact) mass is 335 g/mol. The van der Waals surface area contributed by atoms with Crippen molar-refractivity contribution < 1.29 is 19.4 Å². The molecular formula is C19H29NO4. The van der Waals surface area contributed by atoms with Gasteiger partial charge in [0.25, 0.3) is 0 Å². The molecule has 1 aliphatic rings. The first kappa shape index (κ1) is 18.6. The van der Waals surface area contributed by atoms with Crippen LogP contribution >= 0.6 is 0 Å². The van der Waals surface area contributed by atoms with Crippen molar-refractivity contribution in [2.45, 2.75) is 58.0 Å². The first-order valence-electron chi connectivity index (χ1n) is 8.50. The number of likely N-dealkylation sites (tertiary alicyclic amines) is 1. The summed E-state index contributed by atoms with van der Waals surface area (Å²) in [6.45, 7) is 7.74. The number of carboxylic acids is 1. The van der Waals surface area contributed by atoms with Gasteiger partial charge in [-0.1, -0.05) is 27.2 Å². The van der Waals surface area contributed by atoms with Crippen LogP contribution in [0, 0.1) is 0 Å². The van der Waals surface area contributed by atoms with Crippen LogP contribution in [0.3, 0.4) is 0 Å². The second-order valence-corrected chi connectivity index (χ2v) is 7.43. The molecule has 2 rings (SSSR count). The van der Waals surface area contributed by atoms with E-state index in [1.165, 1.54) is 0 Å². The smallest absolute Gasteiger partial charge is 0.320 e. The lowest BCUT2D eigenvalue weighted by Gasteiger charge is -2.34. The van der Waals surface area contributed by atoms with E-state index in [1.54, 1.807) is 14.2 Å². The predicted molar refractivity (Wildman–Crippen MR) is 93.9 cm³/mol. The van der Waals surface area contributed by atoms with Gasteiger partial charge in [0.15, 0.2) is 0 Å². The van der Waals surface area contributed by atoms with Crippen molar-refractivity contribution in [3.05, 3.63) is 23.3 Å². The molecule has 0 radical (unpaired) electrons. The van der Waals surface area contributed by atoms with Crippen molar-refractivity contribution in [1.29, 1.82) is 0 Å². The standard InChI is InChI=1S/C19H29NO4/c1-19(2,3)13-10-16(23-4)14(17(11-13)24-5)12-20-9-7-6-8-15(20)18(21)22/h10-11,15H,6-9,12H2,1-5H3,(H,21,22)/t15-/m0/s1. The molecule has 1 aromatic rings. The summed E-state index contributed by atoms with van der Waals surface area (Å²) >= 11 is 0. The molecule has 0 unspecified atom stereocenters. The van der Waals surface area contributed by atoms with E-state index in [2.05, 4.69) is 20.8 Å². The molecule has 0 amide bonds. The van der Waals surface area contributed by atoms with Crippen molar-refractivity contribution in [2.75, 3.05) is 20.8 Å². The van der Waals surface area contributed by atoms with Gasteiger partial charge in [0.05, 0.1) is 19.8 Å². The number of rotatable bonds is 5. The van der Waals surface area contributed by atoms with Crippen LogP contribution in [-0.2, 0) is 16.8 Å². The van der Waals surface area contributed by atoms with Gasteiger partial charge < -0.3 is 14.6 Å². The van der Waals surface area contributed by atoms with Crippen LogP contribution in [0.15, 0.2) is 12.1 Å². The number of carboxylic acid groups (broad SMARTS) is 1. The third kappa shape index (κ3) is 4.01. The number of carbonyl (C=O) groups is 1. The van der Waals surface area contributed by atoms with Gasteiger partial charge in [-0.2, -0.15) is 0 Å². The van der Waals surface area contributed by atoms with Gasteiger partial charge >= 0.3 is 5.97 Å². The van der Waals surface area contributed by atoms with Gasteiger partial charge in [-0.05, 0) is 42.5 Å². The van der Waals surface area contributed by atoms with Crippen LogP contribution in [0.4, 0.5) is 0 Å². The van der Waals surface area contributed by atoms with E-state index in [-0.39, 0.29) is 5.41 Å². The highest BCUT2D eigenvalue weighted by Crippen LogP contribution is 2.37. The Morgan fingerprint density at radius 2 is 1.79 bits per heavy atom. The Morgan fingerprint density at radius 1 is 1.21 bits per heavy atom. The highest BCUT2D eigenvalue weighted by atomic mass is 16.5. The summed E-state index contributed by atoms with van der Waals surface area (Å²) in [6.07, 6.45) is 2.68. The molecule has 1 aliphatic heterocycles. The molecule has 1 N–H and O–H groups in total. The number of aliphatic carboxylic acids is 1. The van der Waals surface area contributed by atoms with Crippen LogP contribution in [0.5, 0.6) is 11.5 Å². The summed E-state index contributed by atoms with van der Waals surface area (Å²) in [7, 11) is 3.30. The summed E-state index contributed by atoms with van der Waals surface area (Å²) in [4.78, 5) is 13.6. The van der Waals surface area contributed by atoms with E-state index < -0.39 is 12.0 Å². The zero-order chi connectivity index (χ0) is 17.9. The lowest BCUT2D eigenvalue weighted by atomic mass is 9.86. The summed E-state index contributed by atoms with van der Waals surface area (Å²) in [6, 6.07) is 3.64. The molecule has 0 saturated carbocycles. The maximum absolute atomic E-state index is 11.5. The van der Waals surface area contributed by atoms with E-state index in [1.807, 2.05) is 17.0 Å². The van der Waals surface area contributed by atoms with E-state index in [0.29, 0.717) is 13.0 Å². The van der Waals surface area contributed by atoms with Gasteiger partial charge in [-0.15, -0.1) is 0 Å². The second kappa shape index (κ2) is 7.43. The topological polar surface area (TPSA) is 59.0 Å². The molecule has 1 aromatic carbocycles. The van der Waals surface area contributed by atoms with Crippen molar-refractivity contribution >= 4 is 5.97 Å². The Kier molecular flexibility index (Phi) is 5.75. The van der Waals surface area contributed by atoms with Crippen molar-refractivity contribution in [3.63, 3.8) is 0 Å². The number of ether oxygens (including phenoxy) is 2. The van der Waals surface area contributed by atoms with Crippen molar-refractivity contribution in [2.24, 2.45) is 0 Å². The molecule has 5 nitrogen and oxygen atoms in total. The Balaban J connectivity index is 2.39. The lowest BCUT2D eigenvalue weighted by molar-refractivity contribution is -0.144. The largest absolute Gasteiger partial charge is 0.496 e. The van der Waals surface area contributed by atoms with Crippen LogP contribution < -0.4 is 9.47 Å². The van der Waals surface area contributed by atoms with Crippen LogP contribution in [0.2, 0.25) is 0 Å². The SMILES string of the molecule is COc1cc(C(C)(C)C)cc(OC)c1CN1CCCC[C@H]1C(=O)O. The normalized spacial score (nSPS) is 19.1. The zero-order valence-corrected chi connectivity index (χ0v) is 15.4. The number of nitrogens with zero attached hydrogens (tertiary/aromatic N) is 1. The number of benzene rings is 1. The minimum Gasteiger partial charge on any atom is -0.496 e. The summed E-state index contributed by atoms with van der Waals surface area (Å²) in [5, 5.41) is 9.49. The van der Waals surface area contributed by atoms with Crippen LogP contribution in [0.25, 0.3) is 0 Å². The first-order chi connectivity index (χ1) is 11.3. The molecule has 0 bridgehead atoms. The number of hydrogen-bond acceptors (Lipinski definition) is 4. The van der Waals surface area contributed by atoms with E-state index in [0.717, 1.165) is 42.0 Å². The minimum absolute atomic E-state index is 0.0200. The fraction of sp³-hybridized carbons (Fsp3) is 0.632. The fourth-order valence-corrected chi connectivity index (χ4v) is 3.24. The van der Waals surface area contributed by atoms with Gasteiger partial charge in [0, 0.05) is 6.54 Å². The van der Waals surface area contributed by atoms with Gasteiger partial charge in [-0.25, -0.2) is 0 Å². The Labute approximate surface area is 144 Å². The van der Waals surface area contributed by atoms with E-state index >= 15 is 0 Å². The van der Waals surface area contributed by atoms with E-state index in [4.69, 9.17) is 9.47 Å². The number of hydrogen-bond donors (Lipinski definition) is 1. The molecule has 1 heterocycles. The summed E-state index contributed by atoms with van der Waals surface area (Å²) in [5.74, 6) is 0.766. The Morgan fingerprint density at radius 3 is 2.25 bits per heavy atom. The highest BCUT2D eigenvalue weighted by molar-refractivity contribution is 5.73. The van der Waals surface area contributed by atoms with Gasteiger partial charge in [0.1, 0.15) is 17.5 Å². The van der Waals surface area contributed by atoms with Gasteiger partial charge in [0.2, 0.25) is 0 Å². The number of methoxy groups -OCH3 is 2. The second-order valence-electron chi connectivity index (χ2n) is 7.43. The average molecular weight is 335 g/mol. The maximum atomic E-state index is 11.5. The summed E-state index contributed by atoms with van der Waals surface area (Å²) in [5.41, 5.74) is 2.03. The van der Waals surface area contributed by atoms with E-state index in [9.17, 15) is 9.90 Å². The highest BCUT2D eigenvalue weighted by Gasteiger charge is 2.30. The quantitative estimate of drug-likeness (QED) is 0.893. The van der Waals surface area contributed by atoms with Crippen LogP contribution in [-0.4, -0.2) is 42.8 Å². The number of piperidine rings is 1. The molecule has 0 aromatic heterocycles.